The first-order valence-electron chi connectivity index (χ1n) is 5.60. The van der Waals surface area contributed by atoms with Crippen molar-refractivity contribution in [2.45, 2.75) is 51.2 Å². The molecule has 3 N–H and O–H groups in total. The monoisotopic (exact) mass is 242 g/mol. The Morgan fingerprint density at radius 2 is 1.94 bits per heavy atom. The summed E-state index contributed by atoms with van der Waals surface area (Å²) >= 11 is 0. The Labute approximate surface area is 94.5 Å². The van der Waals surface area contributed by atoms with Crippen LogP contribution in [0.1, 0.15) is 39.0 Å². The van der Waals surface area contributed by atoms with Crippen LogP contribution < -0.4 is 11.3 Å². The lowest BCUT2D eigenvalue weighted by molar-refractivity contribution is -0.135. The van der Waals surface area contributed by atoms with E-state index in [2.05, 4.69) is 5.43 Å². The summed E-state index contributed by atoms with van der Waals surface area (Å²) in [5.74, 6) is 5.25. The van der Waals surface area contributed by atoms with Gasteiger partial charge >= 0.3 is 6.18 Å². The molecular formula is C10H21F3N2O. The van der Waals surface area contributed by atoms with Gasteiger partial charge in [-0.2, -0.15) is 13.2 Å². The Hall–Kier alpha value is -0.330. The molecule has 0 aromatic heterocycles. The summed E-state index contributed by atoms with van der Waals surface area (Å²) < 4.78 is 40.9. The molecule has 0 aliphatic rings. The fourth-order valence-corrected chi connectivity index (χ4v) is 1.33. The second kappa shape index (κ2) is 8.78. The molecule has 0 aromatic rings. The average molecular weight is 242 g/mol. The summed E-state index contributed by atoms with van der Waals surface area (Å²) in [7, 11) is 0. The molecule has 0 fully saturated rings. The summed E-state index contributed by atoms with van der Waals surface area (Å²) in [5.41, 5.74) is 2.52. The highest BCUT2D eigenvalue weighted by atomic mass is 19.4. The van der Waals surface area contributed by atoms with Gasteiger partial charge in [0, 0.05) is 25.7 Å². The quantitative estimate of drug-likeness (QED) is 0.371. The standard InChI is InChI=1S/C10H21F3N2O/c1-2-7-16-8-5-9(15-14)4-3-6-10(11,12)13/h9,15H,2-8,14H2,1H3. The fraction of sp³-hybridized carbons (Fsp3) is 1.00. The number of rotatable bonds is 9. The maximum absolute atomic E-state index is 11.9. The predicted octanol–water partition coefficient (Wildman–Crippen LogP) is 2.37. The van der Waals surface area contributed by atoms with E-state index in [1.54, 1.807) is 0 Å². The van der Waals surface area contributed by atoms with Crippen LogP contribution in [0.4, 0.5) is 13.2 Å². The number of alkyl halides is 3. The van der Waals surface area contributed by atoms with Crippen LogP contribution in [0.5, 0.6) is 0 Å². The zero-order chi connectivity index (χ0) is 12.4. The van der Waals surface area contributed by atoms with Crippen LogP contribution in [0.3, 0.4) is 0 Å². The van der Waals surface area contributed by atoms with E-state index < -0.39 is 12.6 Å². The molecule has 0 heterocycles. The van der Waals surface area contributed by atoms with E-state index in [0.717, 1.165) is 6.42 Å². The van der Waals surface area contributed by atoms with Crippen molar-refractivity contribution in [3.05, 3.63) is 0 Å². The summed E-state index contributed by atoms with van der Waals surface area (Å²) in [6.45, 7) is 3.22. The molecule has 0 aromatic carbocycles. The molecule has 0 radical (unpaired) electrons. The third kappa shape index (κ3) is 10.2. The summed E-state index contributed by atoms with van der Waals surface area (Å²) in [6, 6.07) is -0.0980. The van der Waals surface area contributed by atoms with Crippen molar-refractivity contribution in [2.75, 3.05) is 13.2 Å². The minimum atomic E-state index is -4.07. The van der Waals surface area contributed by atoms with Crippen LogP contribution in [0, 0.1) is 0 Å². The smallest absolute Gasteiger partial charge is 0.381 e. The molecule has 98 valence electrons. The first-order valence-corrected chi connectivity index (χ1v) is 5.60. The number of nitrogens with one attached hydrogen (secondary N) is 1. The van der Waals surface area contributed by atoms with Crippen molar-refractivity contribution in [2.24, 2.45) is 5.84 Å². The Balaban J connectivity index is 3.51. The molecule has 0 aliphatic heterocycles. The van der Waals surface area contributed by atoms with Gasteiger partial charge in [-0.25, -0.2) is 0 Å². The highest BCUT2D eigenvalue weighted by molar-refractivity contribution is 4.64. The number of hydrogen-bond donors (Lipinski definition) is 2. The molecule has 0 aliphatic carbocycles. The molecule has 0 rings (SSSR count). The zero-order valence-electron chi connectivity index (χ0n) is 9.65. The van der Waals surface area contributed by atoms with E-state index in [1.807, 2.05) is 6.92 Å². The van der Waals surface area contributed by atoms with Gasteiger partial charge in [-0.3, -0.25) is 11.3 Å². The number of nitrogens with two attached hydrogens (primary N) is 1. The van der Waals surface area contributed by atoms with E-state index in [4.69, 9.17) is 10.6 Å². The van der Waals surface area contributed by atoms with Gasteiger partial charge in [-0.1, -0.05) is 6.92 Å². The lowest BCUT2D eigenvalue weighted by Gasteiger charge is -2.16. The Kier molecular flexibility index (Phi) is 8.60. The van der Waals surface area contributed by atoms with Gasteiger partial charge in [0.25, 0.3) is 0 Å². The van der Waals surface area contributed by atoms with Gasteiger partial charge in [0.15, 0.2) is 0 Å². The van der Waals surface area contributed by atoms with Gasteiger partial charge in [0.2, 0.25) is 0 Å². The molecule has 0 bridgehead atoms. The second-order valence-corrected chi connectivity index (χ2v) is 3.77. The first-order chi connectivity index (χ1) is 7.49. The molecule has 0 saturated heterocycles. The third-order valence-corrected chi connectivity index (χ3v) is 2.21. The molecule has 16 heavy (non-hydrogen) atoms. The first kappa shape index (κ1) is 15.7. The van der Waals surface area contributed by atoms with Gasteiger partial charge in [0.1, 0.15) is 0 Å². The Morgan fingerprint density at radius 3 is 2.44 bits per heavy atom. The van der Waals surface area contributed by atoms with Gasteiger partial charge in [-0.15, -0.1) is 0 Å². The van der Waals surface area contributed by atoms with Gasteiger partial charge < -0.3 is 4.74 Å². The number of hydrogen-bond acceptors (Lipinski definition) is 3. The molecular weight excluding hydrogens is 221 g/mol. The number of halogens is 3. The zero-order valence-corrected chi connectivity index (χ0v) is 9.65. The van der Waals surface area contributed by atoms with E-state index in [-0.39, 0.29) is 12.5 Å². The van der Waals surface area contributed by atoms with Crippen molar-refractivity contribution in [3.8, 4) is 0 Å². The Bertz CT molecular complexity index is 165. The molecule has 0 saturated carbocycles. The van der Waals surface area contributed by atoms with Crippen molar-refractivity contribution >= 4 is 0 Å². The molecule has 0 amide bonds. The van der Waals surface area contributed by atoms with Gasteiger partial charge in [0.05, 0.1) is 0 Å². The van der Waals surface area contributed by atoms with Crippen LogP contribution >= 0.6 is 0 Å². The van der Waals surface area contributed by atoms with Crippen LogP contribution in [0.15, 0.2) is 0 Å². The normalized spacial score (nSPS) is 14.1. The van der Waals surface area contributed by atoms with E-state index in [0.29, 0.717) is 26.1 Å². The molecule has 6 heteroatoms. The van der Waals surface area contributed by atoms with E-state index >= 15 is 0 Å². The molecule has 0 spiro atoms. The Morgan fingerprint density at radius 1 is 1.25 bits per heavy atom. The van der Waals surface area contributed by atoms with Crippen LogP contribution in [0.25, 0.3) is 0 Å². The van der Waals surface area contributed by atoms with Crippen LogP contribution in [-0.2, 0) is 4.74 Å². The maximum atomic E-state index is 11.9. The highest BCUT2D eigenvalue weighted by Crippen LogP contribution is 2.22. The predicted molar refractivity (Wildman–Crippen MR) is 56.7 cm³/mol. The topological polar surface area (TPSA) is 47.3 Å². The van der Waals surface area contributed by atoms with Gasteiger partial charge in [-0.05, 0) is 25.7 Å². The molecule has 3 nitrogen and oxygen atoms in total. The molecule has 1 unspecified atom stereocenters. The van der Waals surface area contributed by atoms with Crippen LogP contribution in [0.2, 0.25) is 0 Å². The summed E-state index contributed by atoms with van der Waals surface area (Å²) in [6.07, 6.45) is -2.71. The van der Waals surface area contributed by atoms with E-state index in [1.165, 1.54) is 0 Å². The SMILES string of the molecule is CCCOCCC(CCCC(F)(F)F)NN. The van der Waals surface area contributed by atoms with E-state index in [9.17, 15) is 13.2 Å². The number of hydrazine groups is 1. The van der Waals surface area contributed by atoms with Crippen molar-refractivity contribution in [1.29, 1.82) is 0 Å². The fourth-order valence-electron chi connectivity index (χ4n) is 1.33. The van der Waals surface area contributed by atoms with Crippen molar-refractivity contribution < 1.29 is 17.9 Å². The van der Waals surface area contributed by atoms with Crippen molar-refractivity contribution in [1.82, 2.24) is 5.43 Å². The lowest BCUT2D eigenvalue weighted by atomic mass is 10.1. The summed E-state index contributed by atoms with van der Waals surface area (Å²) in [4.78, 5) is 0. The van der Waals surface area contributed by atoms with Crippen LogP contribution in [-0.4, -0.2) is 25.4 Å². The minimum Gasteiger partial charge on any atom is -0.381 e. The summed E-state index contributed by atoms with van der Waals surface area (Å²) in [5, 5.41) is 0. The lowest BCUT2D eigenvalue weighted by Crippen LogP contribution is -2.36. The minimum absolute atomic E-state index is 0.0980. The maximum Gasteiger partial charge on any atom is 0.389 e. The molecule has 1 atom stereocenters. The number of ether oxygens (including phenoxy) is 1. The largest absolute Gasteiger partial charge is 0.389 e. The second-order valence-electron chi connectivity index (χ2n) is 3.77. The average Bonchev–Trinajstić information content (AvgIpc) is 2.20. The van der Waals surface area contributed by atoms with Crippen molar-refractivity contribution in [3.63, 3.8) is 0 Å². The highest BCUT2D eigenvalue weighted by Gasteiger charge is 2.26. The third-order valence-electron chi connectivity index (χ3n) is 2.21.